The predicted molar refractivity (Wildman–Crippen MR) is 132 cm³/mol. The molecule has 186 valence electrons. The molecule has 0 N–H and O–H groups in total. The number of rotatable bonds is 8. The molecule has 2 aliphatic rings. The van der Waals surface area contributed by atoms with Gasteiger partial charge in [-0.25, -0.2) is 4.39 Å². The van der Waals surface area contributed by atoms with Gasteiger partial charge in [0.2, 0.25) is 0 Å². The van der Waals surface area contributed by atoms with Crippen LogP contribution < -0.4 is 0 Å². The molecule has 0 radical (unpaired) electrons. The Labute approximate surface area is 203 Å². The average Bonchev–Trinajstić information content (AvgIpc) is 2.85. The molecule has 2 aromatic rings. The van der Waals surface area contributed by atoms with Gasteiger partial charge in [0, 0.05) is 0 Å². The monoisotopic (exact) mass is 472 g/mol. The van der Waals surface area contributed by atoms with Gasteiger partial charge in [-0.05, 0) is 97.4 Å². The number of hydrogen-bond acceptors (Lipinski definition) is 1. The summed E-state index contributed by atoms with van der Waals surface area (Å²) in [7, 11) is 0. The van der Waals surface area contributed by atoms with Crippen molar-refractivity contribution in [3.05, 3.63) is 70.5 Å². The van der Waals surface area contributed by atoms with Gasteiger partial charge >= 0.3 is 6.11 Å². The van der Waals surface area contributed by atoms with Crippen LogP contribution in [-0.2, 0) is 17.3 Å². The summed E-state index contributed by atoms with van der Waals surface area (Å²) in [6.45, 7) is 4.34. The predicted octanol–water partition coefficient (Wildman–Crippen LogP) is 9.11. The molecule has 0 saturated heterocycles. The summed E-state index contributed by atoms with van der Waals surface area (Å²) in [5.41, 5.74) is 2.47. The van der Waals surface area contributed by atoms with Crippen molar-refractivity contribution in [2.24, 2.45) is 11.8 Å². The van der Waals surface area contributed by atoms with Crippen LogP contribution in [0.3, 0.4) is 0 Å². The highest BCUT2D eigenvalue weighted by molar-refractivity contribution is 5.29. The van der Waals surface area contributed by atoms with Gasteiger partial charge in [0.15, 0.2) is 0 Å². The van der Waals surface area contributed by atoms with Crippen molar-refractivity contribution in [1.29, 1.82) is 0 Å². The number of benzene rings is 2. The SMILES string of the molecule is CCC1CCC(c2ccc(CCOC(F)(F)c3ccc(C4CCC(C)CC4)cc3F)cc2)CC1. The molecule has 4 rings (SSSR count). The minimum Gasteiger partial charge on any atom is -0.316 e. The van der Waals surface area contributed by atoms with E-state index in [2.05, 4.69) is 26.0 Å². The molecule has 4 heteroatoms. The van der Waals surface area contributed by atoms with Gasteiger partial charge < -0.3 is 4.74 Å². The number of alkyl halides is 2. The summed E-state index contributed by atoms with van der Waals surface area (Å²) < 4.78 is 48.8. The van der Waals surface area contributed by atoms with Gasteiger partial charge in [0.05, 0.1) is 12.2 Å². The van der Waals surface area contributed by atoms with E-state index in [4.69, 9.17) is 4.74 Å². The maximum absolute atomic E-state index is 14.7. The van der Waals surface area contributed by atoms with Gasteiger partial charge in [0.25, 0.3) is 0 Å². The van der Waals surface area contributed by atoms with Crippen molar-refractivity contribution >= 4 is 0 Å². The Morgan fingerprint density at radius 2 is 1.41 bits per heavy atom. The molecule has 0 bridgehead atoms. The van der Waals surface area contributed by atoms with Gasteiger partial charge in [-0.1, -0.05) is 63.4 Å². The molecule has 0 heterocycles. The fourth-order valence-corrected chi connectivity index (χ4v) is 5.85. The lowest BCUT2D eigenvalue weighted by Crippen LogP contribution is -2.22. The Morgan fingerprint density at radius 1 is 0.824 bits per heavy atom. The third-order valence-corrected chi connectivity index (χ3v) is 8.34. The summed E-state index contributed by atoms with van der Waals surface area (Å²) in [5, 5.41) is 0. The van der Waals surface area contributed by atoms with E-state index in [9.17, 15) is 13.2 Å². The molecule has 2 saturated carbocycles. The van der Waals surface area contributed by atoms with E-state index in [0.717, 1.165) is 42.7 Å². The molecule has 2 aliphatic carbocycles. The lowest BCUT2D eigenvalue weighted by atomic mass is 9.78. The molecule has 0 aromatic heterocycles. The second-order valence-electron chi connectivity index (χ2n) is 10.7. The topological polar surface area (TPSA) is 9.23 Å². The van der Waals surface area contributed by atoms with E-state index in [-0.39, 0.29) is 12.5 Å². The molecular formula is C30H39F3O. The van der Waals surface area contributed by atoms with Crippen LogP contribution in [0, 0.1) is 17.7 Å². The molecule has 2 aromatic carbocycles. The van der Waals surface area contributed by atoms with Gasteiger partial charge in [-0.2, -0.15) is 8.78 Å². The molecule has 34 heavy (non-hydrogen) atoms. The second kappa shape index (κ2) is 11.3. The van der Waals surface area contributed by atoms with Crippen molar-refractivity contribution in [3.8, 4) is 0 Å². The largest absolute Gasteiger partial charge is 0.386 e. The van der Waals surface area contributed by atoms with E-state index in [1.54, 1.807) is 6.07 Å². The van der Waals surface area contributed by atoms with Crippen molar-refractivity contribution < 1.29 is 17.9 Å². The van der Waals surface area contributed by atoms with Crippen LogP contribution in [0.4, 0.5) is 13.2 Å². The first-order valence-corrected chi connectivity index (χ1v) is 13.3. The van der Waals surface area contributed by atoms with E-state index in [1.165, 1.54) is 49.8 Å². The quantitative estimate of drug-likeness (QED) is 0.372. The second-order valence-corrected chi connectivity index (χ2v) is 10.7. The number of ether oxygens (including phenoxy) is 1. The smallest absolute Gasteiger partial charge is 0.316 e. The van der Waals surface area contributed by atoms with Crippen LogP contribution in [0.15, 0.2) is 42.5 Å². The molecule has 0 spiro atoms. The van der Waals surface area contributed by atoms with Crippen LogP contribution in [0.5, 0.6) is 0 Å². The van der Waals surface area contributed by atoms with Gasteiger partial charge in [0.1, 0.15) is 5.82 Å². The van der Waals surface area contributed by atoms with E-state index in [0.29, 0.717) is 18.3 Å². The normalized spacial score (nSPS) is 25.9. The van der Waals surface area contributed by atoms with E-state index in [1.807, 2.05) is 12.1 Å². The zero-order valence-electron chi connectivity index (χ0n) is 20.7. The third kappa shape index (κ3) is 6.24. The fraction of sp³-hybridized carbons (Fsp3) is 0.600. The Bertz CT molecular complexity index is 907. The highest BCUT2D eigenvalue weighted by Gasteiger charge is 2.36. The zero-order chi connectivity index (χ0) is 24.1. The summed E-state index contributed by atoms with van der Waals surface area (Å²) in [4.78, 5) is 0. The first-order valence-electron chi connectivity index (χ1n) is 13.3. The lowest BCUT2D eigenvalue weighted by molar-refractivity contribution is -0.249. The Kier molecular flexibility index (Phi) is 8.39. The fourth-order valence-electron chi connectivity index (χ4n) is 5.85. The zero-order valence-corrected chi connectivity index (χ0v) is 20.7. The standard InChI is InChI=1S/C30H39F3O/c1-3-22-6-12-24(13-7-22)25-14-8-23(9-15-25)18-19-34-30(32,33)28-17-16-27(20-29(28)31)26-10-4-21(2)5-11-26/h8-9,14-17,20-22,24,26H,3-7,10-13,18-19H2,1-2H3. The minimum absolute atomic E-state index is 0.157. The Morgan fingerprint density at radius 3 is 2.03 bits per heavy atom. The van der Waals surface area contributed by atoms with E-state index < -0.39 is 17.5 Å². The average molecular weight is 473 g/mol. The summed E-state index contributed by atoms with van der Waals surface area (Å²) in [6.07, 6.45) is 7.26. The first kappa shape index (κ1) is 25.3. The van der Waals surface area contributed by atoms with Crippen molar-refractivity contribution in [3.63, 3.8) is 0 Å². The molecular weight excluding hydrogens is 433 g/mol. The maximum Gasteiger partial charge on any atom is 0.386 e. The third-order valence-electron chi connectivity index (χ3n) is 8.34. The maximum atomic E-state index is 14.7. The van der Waals surface area contributed by atoms with Crippen LogP contribution in [0.2, 0.25) is 0 Å². The van der Waals surface area contributed by atoms with Crippen molar-refractivity contribution in [2.75, 3.05) is 6.61 Å². The summed E-state index contributed by atoms with van der Waals surface area (Å²) >= 11 is 0. The Balaban J connectivity index is 1.29. The van der Waals surface area contributed by atoms with Gasteiger partial charge in [-0.3, -0.25) is 0 Å². The summed E-state index contributed by atoms with van der Waals surface area (Å²) in [6, 6.07) is 12.5. The van der Waals surface area contributed by atoms with Crippen LogP contribution in [0.1, 0.15) is 106 Å². The van der Waals surface area contributed by atoms with Crippen molar-refractivity contribution in [2.45, 2.75) is 96.0 Å². The Hall–Kier alpha value is -1.81. The van der Waals surface area contributed by atoms with Gasteiger partial charge in [-0.15, -0.1) is 0 Å². The van der Waals surface area contributed by atoms with Crippen LogP contribution in [-0.4, -0.2) is 6.61 Å². The highest BCUT2D eigenvalue weighted by atomic mass is 19.3. The molecule has 0 unspecified atom stereocenters. The highest BCUT2D eigenvalue weighted by Crippen LogP contribution is 2.39. The summed E-state index contributed by atoms with van der Waals surface area (Å²) in [5.74, 6) is 1.56. The van der Waals surface area contributed by atoms with Crippen molar-refractivity contribution in [1.82, 2.24) is 0 Å². The number of hydrogen-bond donors (Lipinski definition) is 0. The van der Waals surface area contributed by atoms with Crippen LogP contribution >= 0.6 is 0 Å². The minimum atomic E-state index is -3.64. The molecule has 0 atom stereocenters. The molecule has 0 aliphatic heterocycles. The first-order chi connectivity index (χ1) is 16.4. The lowest BCUT2D eigenvalue weighted by Gasteiger charge is -2.28. The molecule has 2 fully saturated rings. The van der Waals surface area contributed by atoms with E-state index >= 15 is 0 Å². The molecule has 0 amide bonds. The molecule has 1 nitrogen and oxygen atoms in total. The van der Waals surface area contributed by atoms with Crippen LogP contribution in [0.25, 0.3) is 0 Å². The number of halogens is 3.